The van der Waals surface area contributed by atoms with Crippen LogP contribution in [0.2, 0.25) is 4.34 Å². The standard InChI is InChI=1S/C10H17ClN2S/c1-7(2)5-8(13-12)6-9-3-4-10(11)14-9/h3-4,7-8,13H,5-6,12H2,1-2H3. The molecule has 1 atom stereocenters. The Balaban J connectivity index is 2.48. The summed E-state index contributed by atoms with van der Waals surface area (Å²) in [5.74, 6) is 6.16. The van der Waals surface area contributed by atoms with Crippen LogP contribution < -0.4 is 11.3 Å². The number of halogens is 1. The first-order valence-electron chi connectivity index (χ1n) is 4.82. The lowest BCUT2D eigenvalue weighted by molar-refractivity contribution is 0.425. The van der Waals surface area contributed by atoms with Crippen LogP contribution in [0.15, 0.2) is 12.1 Å². The van der Waals surface area contributed by atoms with Crippen molar-refractivity contribution in [2.24, 2.45) is 11.8 Å². The quantitative estimate of drug-likeness (QED) is 0.605. The largest absolute Gasteiger partial charge is 0.271 e. The smallest absolute Gasteiger partial charge is 0.0931 e. The van der Waals surface area contributed by atoms with E-state index in [0.717, 1.165) is 17.2 Å². The van der Waals surface area contributed by atoms with Gasteiger partial charge in [-0.3, -0.25) is 11.3 Å². The lowest BCUT2D eigenvalue weighted by atomic mass is 10.0. The molecule has 0 spiro atoms. The number of hydrogen-bond acceptors (Lipinski definition) is 3. The van der Waals surface area contributed by atoms with E-state index in [2.05, 4.69) is 25.3 Å². The second-order valence-corrected chi connectivity index (χ2v) is 5.70. The van der Waals surface area contributed by atoms with Gasteiger partial charge in [-0.1, -0.05) is 25.4 Å². The first-order valence-corrected chi connectivity index (χ1v) is 6.01. The molecule has 1 unspecified atom stereocenters. The van der Waals surface area contributed by atoms with Crippen molar-refractivity contribution < 1.29 is 0 Å². The van der Waals surface area contributed by atoms with Crippen molar-refractivity contribution in [1.29, 1.82) is 0 Å². The van der Waals surface area contributed by atoms with E-state index in [-0.39, 0.29) is 0 Å². The number of hydrazine groups is 1. The Morgan fingerprint density at radius 2 is 2.21 bits per heavy atom. The van der Waals surface area contributed by atoms with Gasteiger partial charge in [0.05, 0.1) is 4.34 Å². The molecule has 3 N–H and O–H groups in total. The van der Waals surface area contributed by atoms with Gasteiger partial charge in [-0.05, 0) is 30.9 Å². The summed E-state index contributed by atoms with van der Waals surface area (Å²) in [6.45, 7) is 4.40. The van der Waals surface area contributed by atoms with Crippen molar-refractivity contribution in [2.45, 2.75) is 32.7 Å². The van der Waals surface area contributed by atoms with Crippen LogP contribution in [0, 0.1) is 5.92 Å². The molecule has 0 fully saturated rings. The molecular formula is C10H17ClN2S. The Kier molecular flexibility index (Phi) is 4.89. The fraction of sp³-hybridized carbons (Fsp3) is 0.600. The molecule has 0 amide bonds. The number of hydrogen-bond donors (Lipinski definition) is 2. The Labute approximate surface area is 94.4 Å². The highest BCUT2D eigenvalue weighted by atomic mass is 35.5. The first kappa shape index (κ1) is 12.0. The average Bonchev–Trinajstić information content (AvgIpc) is 2.49. The zero-order valence-electron chi connectivity index (χ0n) is 8.59. The maximum atomic E-state index is 5.86. The molecule has 0 saturated heterocycles. The van der Waals surface area contributed by atoms with E-state index in [1.807, 2.05) is 6.07 Å². The summed E-state index contributed by atoms with van der Waals surface area (Å²) in [6, 6.07) is 4.35. The normalized spacial score (nSPS) is 13.5. The maximum Gasteiger partial charge on any atom is 0.0931 e. The van der Waals surface area contributed by atoms with Gasteiger partial charge in [0.15, 0.2) is 0 Å². The highest BCUT2D eigenvalue weighted by Gasteiger charge is 2.10. The molecule has 0 aliphatic carbocycles. The third kappa shape index (κ3) is 3.96. The predicted octanol–water partition coefficient (Wildman–Crippen LogP) is 2.82. The summed E-state index contributed by atoms with van der Waals surface area (Å²) >= 11 is 7.49. The molecule has 0 bridgehead atoms. The van der Waals surface area contributed by atoms with Crippen LogP contribution in [0.1, 0.15) is 25.1 Å². The SMILES string of the molecule is CC(C)CC(Cc1ccc(Cl)s1)NN. The van der Waals surface area contributed by atoms with E-state index in [1.165, 1.54) is 4.88 Å². The van der Waals surface area contributed by atoms with Crippen molar-refractivity contribution in [3.63, 3.8) is 0 Å². The molecule has 80 valence electrons. The van der Waals surface area contributed by atoms with Crippen LogP contribution in [0.25, 0.3) is 0 Å². The zero-order valence-corrected chi connectivity index (χ0v) is 10.2. The highest BCUT2D eigenvalue weighted by molar-refractivity contribution is 7.16. The molecular weight excluding hydrogens is 216 g/mol. The van der Waals surface area contributed by atoms with Gasteiger partial charge in [0, 0.05) is 10.9 Å². The van der Waals surface area contributed by atoms with Gasteiger partial charge < -0.3 is 0 Å². The van der Waals surface area contributed by atoms with Crippen LogP contribution in [0.4, 0.5) is 0 Å². The van der Waals surface area contributed by atoms with Crippen molar-refractivity contribution >= 4 is 22.9 Å². The lowest BCUT2D eigenvalue weighted by Gasteiger charge is -2.16. The van der Waals surface area contributed by atoms with Gasteiger partial charge in [-0.15, -0.1) is 11.3 Å². The summed E-state index contributed by atoms with van der Waals surface area (Å²) in [5, 5.41) is 0. The van der Waals surface area contributed by atoms with Crippen LogP contribution in [0.5, 0.6) is 0 Å². The summed E-state index contributed by atoms with van der Waals surface area (Å²) < 4.78 is 0.848. The monoisotopic (exact) mass is 232 g/mol. The minimum absolute atomic E-state index is 0.352. The predicted molar refractivity (Wildman–Crippen MR) is 63.6 cm³/mol. The van der Waals surface area contributed by atoms with Gasteiger partial charge in [-0.2, -0.15) is 0 Å². The Hall–Kier alpha value is -0.0900. The van der Waals surface area contributed by atoms with Gasteiger partial charge in [-0.25, -0.2) is 0 Å². The van der Waals surface area contributed by atoms with Gasteiger partial charge in [0.2, 0.25) is 0 Å². The molecule has 0 aromatic carbocycles. The molecule has 0 aliphatic heterocycles. The van der Waals surface area contributed by atoms with Crippen molar-refractivity contribution in [3.8, 4) is 0 Å². The summed E-state index contributed by atoms with van der Waals surface area (Å²) in [5.41, 5.74) is 2.85. The van der Waals surface area contributed by atoms with E-state index in [0.29, 0.717) is 12.0 Å². The number of rotatable bonds is 5. The number of nitrogens with two attached hydrogens (primary N) is 1. The zero-order chi connectivity index (χ0) is 10.6. The van der Waals surface area contributed by atoms with Crippen LogP contribution in [-0.4, -0.2) is 6.04 Å². The molecule has 2 nitrogen and oxygen atoms in total. The third-order valence-corrected chi connectivity index (χ3v) is 3.32. The van der Waals surface area contributed by atoms with E-state index in [4.69, 9.17) is 17.4 Å². The van der Waals surface area contributed by atoms with Crippen LogP contribution in [0.3, 0.4) is 0 Å². The lowest BCUT2D eigenvalue weighted by Crippen LogP contribution is -2.37. The van der Waals surface area contributed by atoms with Crippen LogP contribution >= 0.6 is 22.9 Å². The fourth-order valence-electron chi connectivity index (χ4n) is 1.48. The molecule has 1 aromatic heterocycles. The first-order chi connectivity index (χ1) is 6.61. The Bertz CT molecular complexity index is 273. The van der Waals surface area contributed by atoms with Gasteiger partial charge in [0.1, 0.15) is 0 Å². The Morgan fingerprint density at radius 1 is 1.50 bits per heavy atom. The van der Waals surface area contributed by atoms with E-state index < -0.39 is 0 Å². The molecule has 1 heterocycles. The van der Waals surface area contributed by atoms with E-state index >= 15 is 0 Å². The van der Waals surface area contributed by atoms with E-state index in [1.54, 1.807) is 11.3 Å². The molecule has 0 saturated carbocycles. The summed E-state index contributed by atoms with van der Waals surface area (Å²) in [6.07, 6.45) is 2.05. The molecule has 14 heavy (non-hydrogen) atoms. The minimum Gasteiger partial charge on any atom is -0.271 e. The minimum atomic E-state index is 0.352. The van der Waals surface area contributed by atoms with Crippen molar-refractivity contribution in [2.75, 3.05) is 0 Å². The fourth-order valence-corrected chi connectivity index (χ4v) is 2.65. The second kappa shape index (κ2) is 5.71. The number of thiophene rings is 1. The Morgan fingerprint density at radius 3 is 2.64 bits per heavy atom. The maximum absolute atomic E-state index is 5.86. The van der Waals surface area contributed by atoms with Crippen LogP contribution in [-0.2, 0) is 6.42 Å². The van der Waals surface area contributed by atoms with Crippen molar-refractivity contribution in [3.05, 3.63) is 21.3 Å². The molecule has 1 rings (SSSR count). The summed E-state index contributed by atoms with van der Waals surface area (Å²) in [4.78, 5) is 1.29. The summed E-state index contributed by atoms with van der Waals surface area (Å²) in [7, 11) is 0. The van der Waals surface area contributed by atoms with Gasteiger partial charge in [0.25, 0.3) is 0 Å². The highest BCUT2D eigenvalue weighted by Crippen LogP contribution is 2.23. The van der Waals surface area contributed by atoms with E-state index in [9.17, 15) is 0 Å². The second-order valence-electron chi connectivity index (χ2n) is 3.90. The average molecular weight is 233 g/mol. The molecule has 4 heteroatoms. The van der Waals surface area contributed by atoms with Gasteiger partial charge >= 0.3 is 0 Å². The number of nitrogens with one attached hydrogen (secondary N) is 1. The molecule has 1 aromatic rings. The molecule has 0 radical (unpaired) electrons. The van der Waals surface area contributed by atoms with Crippen molar-refractivity contribution in [1.82, 2.24) is 5.43 Å². The topological polar surface area (TPSA) is 38.0 Å². The molecule has 0 aliphatic rings. The third-order valence-electron chi connectivity index (χ3n) is 2.07.